The van der Waals surface area contributed by atoms with Crippen molar-refractivity contribution in [2.75, 3.05) is 6.61 Å². The molecule has 1 N–H and O–H groups in total. The van der Waals surface area contributed by atoms with Gasteiger partial charge in [0.1, 0.15) is 19.0 Å². The number of rotatable bonds is 5. The number of hydrogen-bond acceptors (Lipinski definition) is 10. The van der Waals surface area contributed by atoms with E-state index in [9.17, 15) is 19.2 Å². The van der Waals surface area contributed by atoms with Crippen molar-refractivity contribution in [3.8, 4) is 0 Å². The van der Waals surface area contributed by atoms with Crippen LogP contribution in [-0.4, -0.2) is 62.3 Å². The second-order valence-corrected chi connectivity index (χ2v) is 6.07. The van der Waals surface area contributed by atoms with E-state index in [0.717, 1.165) is 0 Å². The molecule has 0 spiro atoms. The summed E-state index contributed by atoms with van der Waals surface area (Å²) in [5, 5.41) is 0. The lowest BCUT2D eigenvalue weighted by Crippen LogP contribution is -2.40. The van der Waals surface area contributed by atoms with Crippen LogP contribution in [0.25, 0.3) is 11.2 Å². The lowest BCUT2D eigenvalue weighted by Gasteiger charge is -2.23. The molecule has 0 bridgehead atoms. The predicted molar refractivity (Wildman–Crippen MR) is 89.8 cm³/mol. The van der Waals surface area contributed by atoms with Gasteiger partial charge in [0.25, 0.3) is 5.56 Å². The Balaban J connectivity index is 2.03. The quantitative estimate of drug-likeness (QED) is 0.516. The van der Waals surface area contributed by atoms with Crippen molar-refractivity contribution in [2.45, 2.75) is 45.3 Å². The second-order valence-electron chi connectivity index (χ2n) is 6.07. The minimum Gasteiger partial charge on any atom is -0.463 e. The van der Waals surface area contributed by atoms with Crippen molar-refractivity contribution >= 4 is 29.1 Å². The van der Waals surface area contributed by atoms with Gasteiger partial charge < -0.3 is 23.9 Å². The molecule has 1 aliphatic rings. The number of imidazole rings is 1. The lowest BCUT2D eigenvalue weighted by molar-refractivity contribution is -0.166. The third-order valence-corrected chi connectivity index (χ3v) is 3.99. The Hall–Kier alpha value is -3.28. The molecule has 3 heterocycles. The van der Waals surface area contributed by atoms with Gasteiger partial charge in [0.15, 0.2) is 29.6 Å². The van der Waals surface area contributed by atoms with Crippen LogP contribution >= 0.6 is 0 Å². The fourth-order valence-corrected chi connectivity index (χ4v) is 2.99. The van der Waals surface area contributed by atoms with E-state index in [1.54, 1.807) is 0 Å². The molecule has 12 nitrogen and oxygen atoms in total. The van der Waals surface area contributed by atoms with Gasteiger partial charge >= 0.3 is 17.9 Å². The highest BCUT2D eigenvalue weighted by Crippen LogP contribution is 2.35. The van der Waals surface area contributed by atoms with Gasteiger partial charge in [-0.1, -0.05) is 0 Å². The first kappa shape index (κ1) is 19.5. The summed E-state index contributed by atoms with van der Waals surface area (Å²) in [6, 6.07) is 0. The molecule has 0 aliphatic carbocycles. The molecule has 0 saturated carbocycles. The molecular formula is C16H18N4O8. The zero-order valence-corrected chi connectivity index (χ0v) is 15.3. The first-order valence-corrected chi connectivity index (χ1v) is 8.31. The van der Waals surface area contributed by atoms with E-state index in [0.29, 0.717) is 0 Å². The van der Waals surface area contributed by atoms with E-state index in [1.807, 2.05) is 0 Å². The summed E-state index contributed by atoms with van der Waals surface area (Å²) in [5.41, 5.74) is -0.249. The van der Waals surface area contributed by atoms with Crippen LogP contribution in [-0.2, 0) is 33.3 Å². The number of H-pyrrole nitrogens is 1. The molecule has 0 aromatic carbocycles. The fraction of sp³-hybridized carbons (Fsp3) is 0.500. The molecule has 28 heavy (non-hydrogen) atoms. The Morgan fingerprint density at radius 2 is 1.79 bits per heavy atom. The highest BCUT2D eigenvalue weighted by molar-refractivity contribution is 5.70. The maximum absolute atomic E-state index is 12.2. The largest absolute Gasteiger partial charge is 0.463 e. The summed E-state index contributed by atoms with van der Waals surface area (Å²) in [5.74, 6) is -1.86. The number of nitrogens with one attached hydrogen (secondary N) is 1. The third-order valence-electron chi connectivity index (χ3n) is 3.99. The van der Waals surface area contributed by atoms with Gasteiger partial charge in [-0.05, 0) is 0 Å². The van der Waals surface area contributed by atoms with Gasteiger partial charge in [0.2, 0.25) is 0 Å². The first-order valence-electron chi connectivity index (χ1n) is 8.31. The predicted octanol–water partition coefficient (Wildman–Crippen LogP) is -0.556. The summed E-state index contributed by atoms with van der Waals surface area (Å²) in [7, 11) is 0. The minimum absolute atomic E-state index is 0.0827. The van der Waals surface area contributed by atoms with Crippen molar-refractivity contribution in [2.24, 2.45) is 0 Å². The van der Waals surface area contributed by atoms with Gasteiger partial charge in [-0.3, -0.25) is 23.7 Å². The Bertz CT molecular complexity index is 967. The molecule has 0 radical (unpaired) electrons. The summed E-state index contributed by atoms with van der Waals surface area (Å²) >= 11 is 0. The van der Waals surface area contributed by atoms with E-state index in [1.165, 1.54) is 38.0 Å². The van der Waals surface area contributed by atoms with Crippen molar-refractivity contribution in [1.82, 2.24) is 19.5 Å². The Morgan fingerprint density at radius 1 is 1.11 bits per heavy atom. The molecule has 12 heteroatoms. The first-order chi connectivity index (χ1) is 13.3. The maximum Gasteiger partial charge on any atom is 0.303 e. The van der Waals surface area contributed by atoms with Crippen LogP contribution in [0, 0.1) is 0 Å². The number of carbonyl (C=O) groups is 3. The van der Waals surface area contributed by atoms with E-state index in [2.05, 4.69) is 15.0 Å². The molecular weight excluding hydrogens is 376 g/mol. The van der Waals surface area contributed by atoms with Crippen molar-refractivity contribution in [3.05, 3.63) is 23.0 Å². The Labute approximate surface area is 157 Å². The Kier molecular flexibility index (Phi) is 5.40. The van der Waals surface area contributed by atoms with Crippen LogP contribution in [0.3, 0.4) is 0 Å². The van der Waals surface area contributed by atoms with Gasteiger partial charge in [-0.25, -0.2) is 9.97 Å². The van der Waals surface area contributed by atoms with E-state index >= 15 is 0 Å². The monoisotopic (exact) mass is 394 g/mol. The zero-order valence-electron chi connectivity index (χ0n) is 15.3. The highest BCUT2D eigenvalue weighted by atomic mass is 16.7. The number of hydrogen-bond donors (Lipinski definition) is 1. The molecule has 1 saturated heterocycles. The fourth-order valence-electron chi connectivity index (χ4n) is 2.99. The topological polar surface area (TPSA) is 152 Å². The second kappa shape index (κ2) is 7.76. The third kappa shape index (κ3) is 3.86. The van der Waals surface area contributed by atoms with E-state index < -0.39 is 48.0 Å². The van der Waals surface area contributed by atoms with Crippen LogP contribution in [0.1, 0.15) is 27.0 Å². The van der Waals surface area contributed by atoms with Crippen molar-refractivity contribution in [1.29, 1.82) is 0 Å². The van der Waals surface area contributed by atoms with Crippen LogP contribution < -0.4 is 5.56 Å². The molecule has 4 atom stereocenters. The zero-order chi connectivity index (χ0) is 20.4. The molecule has 0 unspecified atom stereocenters. The number of aromatic amines is 1. The summed E-state index contributed by atoms with van der Waals surface area (Å²) in [6.07, 6.45) is -1.68. The number of fused-ring (bicyclic) bond motifs is 1. The minimum atomic E-state index is -1.11. The summed E-state index contributed by atoms with van der Waals surface area (Å²) in [4.78, 5) is 57.0. The normalized spacial score (nSPS) is 24.1. The van der Waals surface area contributed by atoms with Gasteiger partial charge in [0.05, 0.1) is 6.33 Å². The number of carbonyl (C=O) groups excluding carboxylic acids is 3. The molecule has 0 amide bonds. The molecule has 150 valence electrons. The van der Waals surface area contributed by atoms with Crippen LogP contribution in [0.15, 0.2) is 17.4 Å². The molecule has 1 fully saturated rings. The van der Waals surface area contributed by atoms with Gasteiger partial charge in [-0.2, -0.15) is 0 Å². The summed E-state index contributed by atoms with van der Waals surface area (Å²) < 4.78 is 22.8. The van der Waals surface area contributed by atoms with E-state index in [4.69, 9.17) is 18.9 Å². The van der Waals surface area contributed by atoms with Crippen molar-refractivity contribution in [3.63, 3.8) is 0 Å². The maximum atomic E-state index is 12.2. The van der Waals surface area contributed by atoms with Crippen LogP contribution in [0.5, 0.6) is 0 Å². The van der Waals surface area contributed by atoms with E-state index in [-0.39, 0.29) is 17.8 Å². The summed E-state index contributed by atoms with van der Waals surface area (Å²) in [6.45, 7) is 3.33. The van der Waals surface area contributed by atoms with Crippen LogP contribution in [0.2, 0.25) is 0 Å². The molecule has 2 aromatic heterocycles. The average molecular weight is 394 g/mol. The molecule has 2 aromatic rings. The highest BCUT2D eigenvalue weighted by Gasteiger charge is 2.51. The Morgan fingerprint density at radius 3 is 2.43 bits per heavy atom. The smallest absolute Gasteiger partial charge is 0.303 e. The molecule has 3 rings (SSSR count). The van der Waals surface area contributed by atoms with Gasteiger partial charge in [-0.15, -0.1) is 0 Å². The standard InChI is InChI=1S/C16H18N4O8/c1-7(21)25-4-10-12(26-8(2)22)13(27-9(3)23)16(28-10)20-6-19-14-11(20)15(24)18-5-17-14/h5-6,10,12-13,16H,4H2,1-3H3,(H,17,18,24)/t10-,12-,13+,16-/m0/s1. The number of nitrogens with zero attached hydrogens (tertiary/aromatic N) is 3. The van der Waals surface area contributed by atoms with Gasteiger partial charge in [0, 0.05) is 20.8 Å². The lowest BCUT2D eigenvalue weighted by atomic mass is 10.1. The number of ether oxygens (including phenoxy) is 4. The van der Waals surface area contributed by atoms with Crippen LogP contribution in [0.4, 0.5) is 0 Å². The van der Waals surface area contributed by atoms with Crippen molar-refractivity contribution < 1.29 is 33.3 Å². The SMILES string of the molecule is CC(=O)OC[C@@H]1O[C@H](n2cnc3nc[nH]c(=O)c32)[C@H](OC(C)=O)[C@H]1OC(C)=O. The molecule has 1 aliphatic heterocycles. The number of esters is 3. The average Bonchev–Trinajstić information content (AvgIpc) is 3.16. The number of aromatic nitrogens is 4.